The van der Waals surface area contributed by atoms with Crippen LogP contribution >= 0.6 is 11.5 Å². The van der Waals surface area contributed by atoms with E-state index in [1.165, 1.54) is 16.6 Å². The second kappa shape index (κ2) is 3.94. The van der Waals surface area contributed by atoms with Gasteiger partial charge in [-0.2, -0.15) is 11.5 Å². The molecular weight excluding hydrogens is 204 g/mol. The van der Waals surface area contributed by atoms with Crippen molar-refractivity contribution in [3.63, 3.8) is 0 Å². The van der Waals surface area contributed by atoms with Crippen LogP contribution in [0.1, 0.15) is 13.8 Å². The molecule has 1 aromatic rings. The number of para-hydroxylation sites is 1. The van der Waals surface area contributed by atoms with Gasteiger partial charge in [-0.3, -0.25) is 0 Å². The zero-order valence-electron chi connectivity index (χ0n) is 9.37. The van der Waals surface area contributed by atoms with Crippen LogP contribution in [0.3, 0.4) is 0 Å². The van der Waals surface area contributed by atoms with Crippen molar-refractivity contribution in [1.29, 1.82) is 0 Å². The lowest BCUT2D eigenvalue weighted by Crippen LogP contribution is -2.38. The van der Waals surface area contributed by atoms with Gasteiger partial charge in [-0.05, 0) is 23.6 Å². The molecule has 1 aromatic carbocycles. The number of hydrogen-bond acceptors (Lipinski definition) is 1. The fourth-order valence-electron chi connectivity index (χ4n) is 2.00. The molecule has 0 N–H and O–H groups in total. The van der Waals surface area contributed by atoms with Gasteiger partial charge >= 0.3 is 6.13 Å². The molecule has 0 unspecified atom stereocenters. The first kappa shape index (κ1) is 10.6. The van der Waals surface area contributed by atoms with Crippen LogP contribution in [0.4, 0.5) is 5.69 Å². The van der Waals surface area contributed by atoms with Crippen molar-refractivity contribution < 1.29 is 0 Å². The first-order valence-electron chi connectivity index (χ1n) is 5.28. The summed E-state index contributed by atoms with van der Waals surface area (Å²) in [5.74, 6) is 0.489. The van der Waals surface area contributed by atoms with Crippen molar-refractivity contribution >= 4 is 28.7 Å². The summed E-state index contributed by atoms with van der Waals surface area (Å²) >= 11 is 6.48. The highest BCUT2D eigenvalue weighted by Crippen LogP contribution is 2.25. The van der Waals surface area contributed by atoms with Gasteiger partial charge in [-0.15, -0.1) is 0 Å². The molecule has 0 aliphatic carbocycles. The third-order valence-corrected chi connectivity index (χ3v) is 3.38. The molecule has 1 aliphatic heterocycles. The fraction of sp³-hybridized carbons (Fsp3) is 0.333. The number of halogens is 1. The van der Waals surface area contributed by atoms with Crippen LogP contribution in [0.25, 0.3) is 0 Å². The van der Waals surface area contributed by atoms with E-state index in [9.17, 15) is 0 Å². The summed E-state index contributed by atoms with van der Waals surface area (Å²) in [5, 5.41) is 0. The normalized spacial score (nSPS) is 15.4. The Kier molecular flexibility index (Phi) is 2.79. The molecule has 0 fully saturated rings. The Hall–Kier alpha value is -0.885. The summed E-state index contributed by atoms with van der Waals surface area (Å²) in [6, 6.07) is 8.32. The van der Waals surface area contributed by atoms with Crippen molar-refractivity contribution in [2.24, 2.45) is 5.92 Å². The van der Waals surface area contributed by atoms with Gasteiger partial charge in [0.25, 0.3) is 0 Å². The zero-order valence-corrected chi connectivity index (χ0v) is 10.1. The maximum atomic E-state index is 6.48. The number of allylic oxidation sites excluding steroid dienone is 1. The summed E-state index contributed by atoms with van der Waals surface area (Å²) in [7, 11) is 2.07. The zero-order chi connectivity index (χ0) is 11.0. The lowest BCUT2D eigenvalue weighted by atomic mass is 9.56. The third-order valence-electron chi connectivity index (χ3n) is 2.89. The molecule has 3 heteroatoms. The van der Waals surface area contributed by atoms with E-state index >= 15 is 0 Å². The van der Waals surface area contributed by atoms with Gasteiger partial charge < -0.3 is 4.90 Å². The maximum Gasteiger partial charge on any atom is 0.315 e. The van der Waals surface area contributed by atoms with Crippen LogP contribution in [0.2, 0.25) is 0 Å². The Morgan fingerprint density at radius 3 is 2.60 bits per heavy atom. The Bertz CT molecular complexity index is 400. The summed E-state index contributed by atoms with van der Waals surface area (Å²) in [6.45, 7) is 4.37. The van der Waals surface area contributed by atoms with Crippen molar-refractivity contribution in [1.82, 2.24) is 0 Å². The Labute approximate surface area is 96.7 Å². The van der Waals surface area contributed by atoms with Crippen molar-refractivity contribution in [3.8, 4) is 0 Å². The molecular formula is C12H15BClN. The van der Waals surface area contributed by atoms with E-state index in [4.69, 9.17) is 11.5 Å². The molecule has 0 saturated carbocycles. The quantitative estimate of drug-likeness (QED) is 0.657. The highest BCUT2D eigenvalue weighted by atomic mass is 35.5. The minimum Gasteiger partial charge on any atom is -0.352 e. The predicted molar refractivity (Wildman–Crippen MR) is 69.0 cm³/mol. The molecule has 0 amide bonds. The largest absolute Gasteiger partial charge is 0.352 e. The summed E-state index contributed by atoms with van der Waals surface area (Å²) in [4.78, 5) is 2.16. The number of fused-ring (bicyclic) bond motifs is 1. The first-order valence-corrected chi connectivity index (χ1v) is 5.72. The van der Waals surface area contributed by atoms with Crippen LogP contribution in [0.5, 0.6) is 0 Å². The Balaban J connectivity index is 2.48. The average molecular weight is 220 g/mol. The Morgan fingerprint density at radius 2 is 1.93 bits per heavy atom. The van der Waals surface area contributed by atoms with E-state index in [0.29, 0.717) is 5.92 Å². The molecule has 1 aliphatic rings. The van der Waals surface area contributed by atoms with E-state index in [0.717, 1.165) is 0 Å². The second-order valence-electron chi connectivity index (χ2n) is 4.32. The predicted octanol–water partition coefficient (Wildman–Crippen LogP) is 2.65. The Morgan fingerprint density at radius 1 is 1.27 bits per heavy atom. The molecule has 0 bridgehead atoms. The highest BCUT2D eigenvalue weighted by Gasteiger charge is 2.28. The number of benzene rings is 1. The number of nitrogens with zero attached hydrogens (tertiary/aromatic N) is 1. The standard InChI is InChI=1S/C12H15BClN/c1-9(2)11-8-15(3)12-7-5-4-6-10(12)13(11)14/h4-9H,1-3H3. The van der Waals surface area contributed by atoms with Crippen LogP contribution in [0.15, 0.2) is 35.9 Å². The minimum atomic E-state index is 0.0254. The van der Waals surface area contributed by atoms with E-state index < -0.39 is 0 Å². The van der Waals surface area contributed by atoms with Gasteiger partial charge in [0, 0.05) is 12.7 Å². The van der Waals surface area contributed by atoms with E-state index in [-0.39, 0.29) is 6.13 Å². The molecule has 0 atom stereocenters. The fourth-order valence-corrected chi connectivity index (χ4v) is 2.50. The van der Waals surface area contributed by atoms with Crippen LogP contribution in [-0.4, -0.2) is 13.2 Å². The first-order chi connectivity index (χ1) is 7.11. The van der Waals surface area contributed by atoms with Crippen molar-refractivity contribution in [2.75, 3.05) is 11.9 Å². The highest BCUT2D eigenvalue weighted by molar-refractivity contribution is 7.18. The number of anilines is 1. The molecule has 1 nitrogen and oxygen atoms in total. The maximum absolute atomic E-state index is 6.48. The molecule has 78 valence electrons. The molecule has 2 rings (SSSR count). The summed E-state index contributed by atoms with van der Waals surface area (Å²) in [5.41, 5.74) is 3.72. The molecule has 0 spiro atoms. The average Bonchev–Trinajstić information content (AvgIpc) is 2.23. The SMILES string of the molecule is CC(C)C1=CN(C)c2ccccc2B1Cl. The van der Waals surface area contributed by atoms with Crippen LogP contribution < -0.4 is 10.4 Å². The summed E-state index contributed by atoms with van der Waals surface area (Å²) in [6.07, 6.45) is 2.18. The van der Waals surface area contributed by atoms with Crippen molar-refractivity contribution in [3.05, 3.63) is 35.9 Å². The van der Waals surface area contributed by atoms with Gasteiger partial charge in [-0.25, -0.2) is 0 Å². The van der Waals surface area contributed by atoms with Gasteiger partial charge in [0.1, 0.15) is 0 Å². The second-order valence-corrected chi connectivity index (χ2v) is 4.75. The number of rotatable bonds is 1. The number of hydrogen-bond donors (Lipinski definition) is 0. The van der Waals surface area contributed by atoms with Gasteiger partial charge in [0.15, 0.2) is 0 Å². The summed E-state index contributed by atoms with van der Waals surface area (Å²) < 4.78 is 0. The van der Waals surface area contributed by atoms with Crippen molar-refractivity contribution in [2.45, 2.75) is 13.8 Å². The molecule has 0 saturated heterocycles. The van der Waals surface area contributed by atoms with Crippen LogP contribution in [0, 0.1) is 5.92 Å². The van der Waals surface area contributed by atoms with E-state index in [1.54, 1.807) is 0 Å². The van der Waals surface area contributed by atoms with Gasteiger partial charge in [0.2, 0.25) is 0 Å². The topological polar surface area (TPSA) is 3.24 Å². The molecule has 0 aromatic heterocycles. The lowest BCUT2D eigenvalue weighted by molar-refractivity contribution is 0.803. The minimum absolute atomic E-state index is 0.0254. The van der Waals surface area contributed by atoms with E-state index in [2.05, 4.69) is 44.1 Å². The van der Waals surface area contributed by atoms with Crippen LogP contribution in [-0.2, 0) is 0 Å². The van der Waals surface area contributed by atoms with Gasteiger partial charge in [0.05, 0.1) is 0 Å². The third kappa shape index (κ3) is 1.79. The smallest absolute Gasteiger partial charge is 0.315 e. The molecule has 1 heterocycles. The van der Waals surface area contributed by atoms with E-state index in [1.807, 2.05) is 12.1 Å². The molecule has 0 radical (unpaired) electrons. The molecule has 15 heavy (non-hydrogen) atoms. The lowest BCUT2D eigenvalue weighted by Gasteiger charge is -2.29. The van der Waals surface area contributed by atoms with Gasteiger partial charge in [-0.1, -0.05) is 37.5 Å². The monoisotopic (exact) mass is 219 g/mol.